The third-order valence-electron chi connectivity index (χ3n) is 5.96. The number of hydrogen-bond acceptors (Lipinski definition) is 2. The van der Waals surface area contributed by atoms with E-state index in [0.717, 1.165) is 0 Å². The molecule has 4 aromatic carbocycles. The van der Waals surface area contributed by atoms with Gasteiger partial charge in [-0.2, -0.15) is 0 Å². The van der Waals surface area contributed by atoms with Gasteiger partial charge in [0.2, 0.25) is 0 Å². The summed E-state index contributed by atoms with van der Waals surface area (Å²) in [5.74, 6) is 0. The standard InChI is InChI=1S/C29H26NO/c1-5-13-24(14-6-1)22-31-23-28-21-30(28)29(25-15-7-2-8-16-25,26-17-9-3-10-18-26)27-19-11-4-12-20-27/h1-21,28H,22-23H2/t28-,30?/m1/s1. The van der Waals surface area contributed by atoms with Gasteiger partial charge in [-0.05, 0) is 22.3 Å². The Bertz CT molecular complexity index is 984. The Hall–Kier alpha value is -3.20. The minimum atomic E-state index is -0.384. The fourth-order valence-electron chi connectivity index (χ4n) is 4.49. The van der Waals surface area contributed by atoms with E-state index < -0.39 is 0 Å². The maximum atomic E-state index is 6.10. The molecule has 1 saturated heterocycles. The van der Waals surface area contributed by atoms with Crippen LogP contribution in [0.1, 0.15) is 22.3 Å². The fraction of sp³-hybridized carbons (Fsp3) is 0.138. The molecule has 0 amide bonds. The van der Waals surface area contributed by atoms with Crippen molar-refractivity contribution in [1.82, 2.24) is 4.90 Å². The molecule has 1 fully saturated rings. The van der Waals surface area contributed by atoms with Gasteiger partial charge in [-0.25, -0.2) is 0 Å². The summed E-state index contributed by atoms with van der Waals surface area (Å²) in [6.45, 7) is 3.61. The molecule has 0 aromatic heterocycles. The largest absolute Gasteiger partial charge is 0.375 e. The maximum absolute atomic E-state index is 6.10. The summed E-state index contributed by atoms with van der Waals surface area (Å²) in [6, 6.07) is 43.0. The number of rotatable bonds is 8. The molecule has 4 aromatic rings. The molecule has 2 nitrogen and oxygen atoms in total. The van der Waals surface area contributed by atoms with Gasteiger partial charge in [-0.3, -0.25) is 4.90 Å². The summed E-state index contributed by atoms with van der Waals surface area (Å²) >= 11 is 0. The second-order valence-corrected chi connectivity index (χ2v) is 7.93. The Balaban J connectivity index is 1.49. The van der Waals surface area contributed by atoms with E-state index in [-0.39, 0.29) is 11.6 Å². The molecule has 1 unspecified atom stereocenters. The normalized spacial score (nSPS) is 17.9. The van der Waals surface area contributed by atoms with Crippen LogP contribution in [-0.4, -0.2) is 17.5 Å². The number of hydrogen-bond donors (Lipinski definition) is 0. The minimum absolute atomic E-state index is 0.254. The Labute approximate surface area is 184 Å². The van der Waals surface area contributed by atoms with Crippen LogP contribution < -0.4 is 0 Å². The summed E-state index contributed by atoms with van der Waals surface area (Å²) in [7, 11) is 0. The zero-order chi connectivity index (χ0) is 20.9. The van der Waals surface area contributed by atoms with Gasteiger partial charge < -0.3 is 4.74 Å². The summed E-state index contributed by atoms with van der Waals surface area (Å²) < 4.78 is 6.10. The lowest BCUT2D eigenvalue weighted by Crippen LogP contribution is -2.39. The van der Waals surface area contributed by atoms with Crippen molar-refractivity contribution < 1.29 is 4.74 Å². The molecule has 2 atom stereocenters. The summed E-state index contributed by atoms with van der Waals surface area (Å²) in [5, 5.41) is 0. The van der Waals surface area contributed by atoms with E-state index in [4.69, 9.17) is 4.74 Å². The van der Waals surface area contributed by atoms with Crippen LogP contribution in [0.15, 0.2) is 121 Å². The van der Waals surface area contributed by atoms with Crippen LogP contribution >= 0.6 is 0 Å². The van der Waals surface area contributed by atoms with E-state index in [1.54, 1.807) is 0 Å². The van der Waals surface area contributed by atoms with Crippen molar-refractivity contribution in [2.45, 2.75) is 18.2 Å². The highest BCUT2D eigenvalue weighted by atomic mass is 16.5. The number of benzene rings is 4. The van der Waals surface area contributed by atoms with Gasteiger partial charge in [0.1, 0.15) is 0 Å². The second kappa shape index (κ2) is 8.89. The quantitative estimate of drug-likeness (QED) is 0.262. The van der Waals surface area contributed by atoms with Gasteiger partial charge in [-0.1, -0.05) is 121 Å². The van der Waals surface area contributed by atoms with Crippen molar-refractivity contribution in [3.63, 3.8) is 0 Å². The molecule has 31 heavy (non-hydrogen) atoms. The van der Waals surface area contributed by atoms with Gasteiger partial charge >= 0.3 is 0 Å². The molecule has 0 aliphatic carbocycles. The predicted molar refractivity (Wildman–Crippen MR) is 125 cm³/mol. The van der Waals surface area contributed by atoms with Crippen LogP contribution in [0.4, 0.5) is 0 Å². The first-order valence-electron chi connectivity index (χ1n) is 10.8. The summed E-state index contributed by atoms with van der Waals surface area (Å²) in [6.07, 6.45) is 0. The van der Waals surface area contributed by atoms with E-state index in [2.05, 4.69) is 127 Å². The molecule has 1 aliphatic rings. The molecule has 0 spiro atoms. The van der Waals surface area contributed by atoms with Gasteiger partial charge in [0.25, 0.3) is 0 Å². The molecular weight excluding hydrogens is 378 g/mol. The SMILES string of the molecule is [CH]1[C@H](COCc2ccccc2)N1C(c1ccccc1)(c1ccccc1)c1ccccc1. The molecule has 2 heteroatoms. The third kappa shape index (κ3) is 3.93. The molecule has 153 valence electrons. The zero-order valence-electron chi connectivity index (χ0n) is 17.5. The van der Waals surface area contributed by atoms with Gasteiger partial charge in [0.15, 0.2) is 0 Å². The molecular formula is C29H26NO. The predicted octanol–water partition coefficient (Wildman–Crippen LogP) is 6.04. The molecule has 0 bridgehead atoms. The van der Waals surface area contributed by atoms with Crippen molar-refractivity contribution in [2.24, 2.45) is 0 Å². The zero-order valence-corrected chi connectivity index (χ0v) is 17.5. The monoisotopic (exact) mass is 404 g/mol. The van der Waals surface area contributed by atoms with Crippen molar-refractivity contribution in [3.05, 3.63) is 150 Å². The fourth-order valence-corrected chi connectivity index (χ4v) is 4.49. The third-order valence-corrected chi connectivity index (χ3v) is 5.96. The lowest BCUT2D eigenvalue weighted by molar-refractivity contribution is 0.107. The average Bonchev–Trinajstić information content (AvgIpc) is 3.62. The molecule has 1 radical (unpaired) electrons. The van der Waals surface area contributed by atoms with Gasteiger partial charge in [0, 0.05) is 6.54 Å². The van der Waals surface area contributed by atoms with E-state index in [9.17, 15) is 0 Å². The average molecular weight is 405 g/mol. The Kier molecular flexibility index (Phi) is 5.66. The molecule has 0 N–H and O–H groups in total. The van der Waals surface area contributed by atoms with E-state index in [1.165, 1.54) is 22.3 Å². The first-order valence-corrected chi connectivity index (χ1v) is 10.8. The molecule has 1 aliphatic heterocycles. The molecule has 5 rings (SSSR count). The van der Waals surface area contributed by atoms with Crippen molar-refractivity contribution >= 4 is 0 Å². The van der Waals surface area contributed by atoms with Gasteiger partial charge in [0.05, 0.1) is 24.8 Å². The first kappa shape index (κ1) is 19.7. The minimum Gasteiger partial charge on any atom is -0.375 e. The highest BCUT2D eigenvalue weighted by Gasteiger charge is 2.53. The van der Waals surface area contributed by atoms with Crippen LogP contribution in [0.3, 0.4) is 0 Å². The second-order valence-electron chi connectivity index (χ2n) is 7.93. The first-order chi connectivity index (χ1) is 15.4. The smallest absolute Gasteiger partial charge is 0.0980 e. The van der Waals surface area contributed by atoms with Crippen LogP contribution in [-0.2, 0) is 16.9 Å². The number of nitrogens with zero attached hydrogens (tertiary/aromatic N) is 1. The van der Waals surface area contributed by atoms with E-state index in [1.807, 2.05) is 6.07 Å². The molecule has 1 heterocycles. The topological polar surface area (TPSA) is 12.2 Å². The summed E-state index contributed by atoms with van der Waals surface area (Å²) in [5.41, 5.74) is 4.60. The highest BCUT2D eigenvalue weighted by molar-refractivity contribution is 5.52. The van der Waals surface area contributed by atoms with Crippen molar-refractivity contribution in [2.75, 3.05) is 6.61 Å². The van der Waals surface area contributed by atoms with Gasteiger partial charge in [-0.15, -0.1) is 0 Å². The van der Waals surface area contributed by atoms with Crippen molar-refractivity contribution in [3.8, 4) is 0 Å². The Morgan fingerprint density at radius 1 is 0.581 bits per heavy atom. The van der Waals surface area contributed by atoms with Crippen molar-refractivity contribution in [1.29, 1.82) is 0 Å². The lowest BCUT2D eigenvalue weighted by atomic mass is 9.76. The van der Waals surface area contributed by atoms with Crippen LogP contribution in [0.5, 0.6) is 0 Å². The van der Waals surface area contributed by atoms with Crippen LogP contribution in [0.25, 0.3) is 0 Å². The van der Waals surface area contributed by atoms with Crippen LogP contribution in [0.2, 0.25) is 0 Å². The lowest BCUT2D eigenvalue weighted by Gasteiger charge is -2.38. The Morgan fingerprint density at radius 3 is 1.45 bits per heavy atom. The Morgan fingerprint density at radius 2 is 1.00 bits per heavy atom. The summed E-state index contributed by atoms with van der Waals surface area (Å²) in [4.78, 5) is 2.46. The maximum Gasteiger partial charge on any atom is 0.0980 e. The van der Waals surface area contributed by atoms with E-state index >= 15 is 0 Å². The molecule has 0 saturated carbocycles. The number of ether oxygens (including phenoxy) is 1. The van der Waals surface area contributed by atoms with E-state index in [0.29, 0.717) is 13.2 Å². The highest BCUT2D eigenvalue weighted by Crippen LogP contribution is 2.50. The van der Waals surface area contributed by atoms with Crippen LogP contribution in [0, 0.1) is 6.54 Å².